The van der Waals surface area contributed by atoms with E-state index in [0.29, 0.717) is 5.56 Å². The molecule has 1 heterocycles. The van der Waals surface area contributed by atoms with Crippen LogP contribution < -0.4 is 9.46 Å². The van der Waals surface area contributed by atoms with E-state index in [4.69, 9.17) is 16.3 Å². The molecule has 0 aliphatic carbocycles. The van der Waals surface area contributed by atoms with Crippen molar-refractivity contribution in [3.8, 4) is 5.88 Å². The van der Waals surface area contributed by atoms with Crippen LogP contribution in [0.1, 0.15) is 45.7 Å². The molecule has 0 aliphatic heterocycles. The molecule has 1 rings (SSSR count). The molecular weight excluding hydrogens is 353 g/mol. The Morgan fingerprint density at radius 3 is 2.48 bits per heavy atom. The average Bonchev–Trinajstić information content (AvgIpc) is 2.37. The fourth-order valence-electron chi connectivity index (χ4n) is 1.45. The molecule has 0 unspecified atom stereocenters. The van der Waals surface area contributed by atoms with Crippen molar-refractivity contribution >= 4 is 23.0 Å². The highest BCUT2D eigenvalue weighted by atomic mass is 35.5. The lowest BCUT2D eigenvalue weighted by Crippen LogP contribution is -2.40. The van der Waals surface area contributed by atoms with E-state index in [1.165, 1.54) is 12.3 Å². The Hall–Kier alpha value is -0.700. The van der Waals surface area contributed by atoms with E-state index < -0.39 is 35.3 Å². The number of aromatic nitrogens is 1. The third-order valence-electron chi connectivity index (χ3n) is 2.79. The minimum absolute atomic E-state index is 0.0520. The van der Waals surface area contributed by atoms with Crippen LogP contribution in [0, 0.1) is 0 Å². The van der Waals surface area contributed by atoms with E-state index in [1.807, 2.05) is 20.8 Å². The molecule has 0 bridgehead atoms. The van der Waals surface area contributed by atoms with E-state index in [1.54, 1.807) is 6.92 Å². The van der Waals surface area contributed by atoms with Gasteiger partial charge in [0.1, 0.15) is 9.77 Å². The van der Waals surface area contributed by atoms with Gasteiger partial charge in [-0.2, -0.15) is 13.2 Å². The van der Waals surface area contributed by atoms with Crippen LogP contribution in [0.5, 0.6) is 5.88 Å². The van der Waals surface area contributed by atoms with Gasteiger partial charge in [0.25, 0.3) is 0 Å². The normalized spacial score (nSPS) is 15.3. The minimum Gasteiger partial charge on any atom is -0.598 e. The maximum absolute atomic E-state index is 12.1. The summed E-state index contributed by atoms with van der Waals surface area (Å²) >= 11 is 4.71. The molecule has 1 N–H and O–H groups in total. The first-order chi connectivity index (χ1) is 10.4. The number of alkyl halides is 3. The summed E-state index contributed by atoms with van der Waals surface area (Å²) in [5.74, 6) is -0.0520. The molecule has 9 heteroatoms. The molecule has 0 saturated carbocycles. The predicted molar refractivity (Wildman–Crippen MR) is 84.9 cm³/mol. The topological polar surface area (TPSA) is 57.2 Å². The predicted octanol–water partition coefficient (Wildman–Crippen LogP) is 4.18. The third kappa shape index (κ3) is 7.15. The summed E-state index contributed by atoms with van der Waals surface area (Å²) in [6, 6.07) is 1.25. The number of hydrogen-bond acceptors (Lipinski definition) is 4. The van der Waals surface area contributed by atoms with Crippen molar-refractivity contribution in [2.75, 3.05) is 6.61 Å². The lowest BCUT2D eigenvalue weighted by atomic mass is 10.2. The first-order valence-corrected chi connectivity index (χ1v) is 8.46. The Morgan fingerprint density at radius 1 is 1.39 bits per heavy atom. The highest BCUT2D eigenvalue weighted by Gasteiger charge is 2.29. The molecule has 0 fully saturated rings. The monoisotopic (exact) mass is 372 g/mol. The molecule has 4 nitrogen and oxygen atoms in total. The van der Waals surface area contributed by atoms with Crippen molar-refractivity contribution in [3.05, 3.63) is 22.8 Å². The van der Waals surface area contributed by atoms with E-state index in [-0.39, 0.29) is 16.9 Å². The zero-order valence-corrected chi connectivity index (χ0v) is 14.9. The van der Waals surface area contributed by atoms with Crippen LogP contribution in [0.3, 0.4) is 0 Å². The number of pyridine rings is 1. The molecule has 132 valence electrons. The SMILES string of the molecule is C[C@@H](N[S@+]([O-])C(C)(C)C)c1cnc(OCCC(F)(F)F)c(Cl)c1. The van der Waals surface area contributed by atoms with Gasteiger partial charge in [0.05, 0.1) is 19.1 Å². The summed E-state index contributed by atoms with van der Waals surface area (Å²) in [5, 5.41) is 0.111. The van der Waals surface area contributed by atoms with Crippen molar-refractivity contribution in [1.29, 1.82) is 0 Å². The first-order valence-electron chi connectivity index (χ1n) is 6.93. The maximum Gasteiger partial charge on any atom is 0.392 e. The fraction of sp³-hybridized carbons (Fsp3) is 0.643. The standard InChI is InChI=1S/C14H20ClF3N2O2S/c1-9(20-23(21)13(2,3)4)10-7-11(15)12(19-8-10)22-6-5-14(16,17)18/h7-9,20H,5-6H2,1-4H3/t9-,23-/m1/s1. The quantitative estimate of drug-likeness (QED) is 0.761. The van der Waals surface area contributed by atoms with E-state index in [2.05, 4.69) is 9.71 Å². The van der Waals surface area contributed by atoms with Crippen LogP contribution >= 0.6 is 11.6 Å². The summed E-state index contributed by atoms with van der Waals surface area (Å²) in [6.45, 7) is 6.77. The molecule has 0 amide bonds. The van der Waals surface area contributed by atoms with Gasteiger partial charge in [-0.1, -0.05) is 11.6 Å². The van der Waals surface area contributed by atoms with Crippen LogP contribution in [0.4, 0.5) is 13.2 Å². The van der Waals surface area contributed by atoms with Crippen LogP contribution in [-0.4, -0.2) is 27.1 Å². The van der Waals surface area contributed by atoms with Crippen molar-refractivity contribution in [2.24, 2.45) is 0 Å². The molecular formula is C14H20ClF3N2O2S. The summed E-state index contributed by atoms with van der Waals surface area (Å²) < 4.78 is 55.7. The Morgan fingerprint density at radius 2 is 2.00 bits per heavy atom. The highest BCUT2D eigenvalue weighted by molar-refractivity contribution is 7.90. The van der Waals surface area contributed by atoms with E-state index in [9.17, 15) is 17.7 Å². The van der Waals surface area contributed by atoms with Gasteiger partial charge in [-0.3, -0.25) is 0 Å². The van der Waals surface area contributed by atoms with Crippen LogP contribution in [0.25, 0.3) is 0 Å². The highest BCUT2D eigenvalue weighted by Crippen LogP contribution is 2.27. The largest absolute Gasteiger partial charge is 0.598 e. The van der Waals surface area contributed by atoms with Gasteiger partial charge in [0, 0.05) is 17.6 Å². The van der Waals surface area contributed by atoms with Gasteiger partial charge in [-0.25, -0.2) is 4.98 Å². The van der Waals surface area contributed by atoms with Gasteiger partial charge >= 0.3 is 6.18 Å². The summed E-state index contributed by atoms with van der Waals surface area (Å²) in [7, 11) is 0. The second-order valence-corrected chi connectivity index (χ2v) is 8.40. The van der Waals surface area contributed by atoms with Gasteiger partial charge in [0.2, 0.25) is 5.88 Å². The van der Waals surface area contributed by atoms with Crippen molar-refractivity contribution < 1.29 is 22.5 Å². The van der Waals surface area contributed by atoms with Gasteiger partial charge in [-0.05, 0) is 39.3 Å². The number of nitrogens with one attached hydrogen (secondary N) is 1. The second-order valence-electron chi connectivity index (χ2n) is 5.99. The Balaban J connectivity index is 2.68. The summed E-state index contributed by atoms with van der Waals surface area (Å²) in [4.78, 5) is 3.93. The Bertz CT molecular complexity index is 524. The smallest absolute Gasteiger partial charge is 0.392 e. The zero-order chi connectivity index (χ0) is 17.8. The number of hydrogen-bond donors (Lipinski definition) is 1. The molecule has 23 heavy (non-hydrogen) atoms. The lowest BCUT2D eigenvalue weighted by molar-refractivity contribution is -0.139. The van der Waals surface area contributed by atoms with Crippen LogP contribution in [0.2, 0.25) is 5.02 Å². The molecule has 0 aliphatic rings. The molecule has 0 aromatic carbocycles. The first kappa shape index (κ1) is 20.3. The number of halogens is 4. The molecule has 0 spiro atoms. The van der Waals surface area contributed by atoms with Gasteiger partial charge < -0.3 is 9.29 Å². The van der Waals surface area contributed by atoms with Crippen LogP contribution in [-0.2, 0) is 11.4 Å². The molecule has 1 aromatic rings. The second kappa shape index (κ2) is 7.92. The van der Waals surface area contributed by atoms with Crippen molar-refractivity contribution in [1.82, 2.24) is 9.71 Å². The number of rotatable bonds is 6. The average molecular weight is 373 g/mol. The number of ether oxygens (including phenoxy) is 1. The van der Waals surface area contributed by atoms with Gasteiger partial charge in [-0.15, -0.1) is 4.72 Å². The Kier molecular flexibility index (Phi) is 7.00. The minimum atomic E-state index is -4.29. The zero-order valence-electron chi connectivity index (χ0n) is 13.3. The lowest BCUT2D eigenvalue weighted by Gasteiger charge is -2.26. The third-order valence-corrected chi connectivity index (χ3v) is 4.74. The molecule has 0 radical (unpaired) electrons. The van der Waals surface area contributed by atoms with Crippen LogP contribution in [0.15, 0.2) is 12.3 Å². The fourth-order valence-corrected chi connectivity index (χ4v) is 2.49. The summed E-state index contributed by atoms with van der Waals surface area (Å²) in [5.41, 5.74) is 0.663. The molecule has 0 saturated heterocycles. The Labute approximate surface area is 142 Å². The maximum atomic E-state index is 12.1. The van der Waals surface area contributed by atoms with Crippen molar-refractivity contribution in [2.45, 2.75) is 51.1 Å². The molecule has 2 atom stereocenters. The van der Waals surface area contributed by atoms with E-state index in [0.717, 1.165) is 0 Å². The summed E-state index contributed by atoms with van der Waals surface area (Å²) in [6.07, 6.45) is -3.93. The number of nitrogens with zero attached hydrogens (tertiary/aromatic N) is 1. The van der Waals surface area contributed by atoms with Crippen molar-refractivity contribution in [3.63, 3.8) is 0 Å². The van der Waals surface area contributed by atoms with Gasteiger partial charge in [0.15, 0.2) is 0 Å². The molecule has 1 aromatic heterocycles. The van der Waals surface area contributed by atoms with E-state index >= 15 is 0 Å².